The third kappa shape index (κ3) is 2.50. The van der Waals surface area contributed by atoms with Crippen LogP contribution in [0, 0.1) is 5.92 Å². The molecule has 0 aromatic heterocycles. The molecule has 0 radical (unpaired) electrons. The molecule has 15 heavy (non-hydrogen) atoms. The number of carbonyl (C=O) groups excluding carboxylic acids is 1. The highest BCUT2D eigenvalue weighted by atomic mass is 16.1. The molecule has 1 atom stereocenters. The summed E-state index contributed by atoms with van der Waals surface area (Å²) in [5.41, 5.74) is 0.869. The minimum absolute atomic E-state index is 0.0807. The number of hydrogen-bond donors (Lipinski definition) is 0. The molecule has 2 nitrogen and oxygen atoms in total. The molecule has 2 heteroatoms. The van der Waals surface area contributed by atoms with E-state index < -0.39 is 0 Å². The number of carbonyl (C=O) groups is 1. The normalized spacial score (nSPS) is 20.0. The smallest absolute Gasteiger partial charge is 0.167 e. The Morgan fingerprint density at radius 3 is 2.67 bits per heavy atom. The van der Waals surface area contributed by atoms with Crippen LogP contribution in [0.1, 0.15) is 0 Å². The third-order valence-electron chi connectivity index (χ3n) is 2.16. The molecule has 0 spiro atoms. The van der Waals surface area contributed by atoms with Gasteiger partial charge in [-0.05, 0) is 18.2 Å². The largest absolute Gasteiger partial charge is 0.294 e. The van der Waals surface area contributed by atoms with Crippen LogP contribution >= 0.6 is 0 Å². The van der Waals surface area contributed by atoms with Crippen molar-refractivity contribution in [2.75, 3.05) is 0 Å². The van der Waals surface area contributed by atoms with Gasteiger partial charge in [-0.3, -0.25) is 9.79 Å². The van der Waals surface area contributed by atoms with E-state index in [1.165, 1.54) is 0 Å². The Kier molecular flexibility index (Phi) is 2.88. The van der Waals surface area contributed by atoms with Gasteiger partial charge in [0.1, 0.15) is 0 Å². The Balaban J connectivity index is 2.09. The molecule has 1 unspecified atom stereocenters. The number of aliphatic imine (C=N–C) groups is 1. The average Bonchev–Trinajstić information content (AvgIpc) is 2.29. The summed E-state index contributed by atoms with van der Waals surface area (Å²) in [6.07, 6.45) is 8.70. The van der Waals surface area contributed by atoms with Gasteiger partial charge in [-0.2, -0.15) is 0 Å². The van der Waals surface area contributed by atoms with Gasteiger partial charge in [0, 0.05) is 6.21 Å². The summed E-state index contributed by atoms with van der Waals surface area (Å²) in [6, 6.07) is 9.59. The van der Waals surface area contributed by atoms with Crippen LogP contribution in [0.15, 0.2) is 59.6 Å². The predicted molar refractivity (Wildman–Crippen MR) is 61.4 cm³/mol. The highest BCUT2D eigenvalue weighted by Gasteiger charge is 2.11. The van der Waals surface area contributed by atoms with Gasteiger partial charge in [-0.25, -0.2) is 0 Å². The third-order valence-corrected chi connectivity index (χ3v) is 2.16. The Morgan fingerprint density at radius 1 is 1.13 bits per heavy atom. The van der Waals surface area contributed by atoms with Crippen LogP contribution in [0.5, 0.6) is 0 Å². The molecular weight excluding hydrogens is 186 g/mol. The van der Waals surface area contributed by atoms with E-state index in [1.807, 2.05) is 42.5 Å². The van der Waals surface area contributed by atoms with E-state index in [0.29, 0.717) is 0 Å². The molecule has 0 fully saturated rings. The summed E-state index contributed by atoms with van der Waals surface area (Å²) in [5.74, 6) is -0.132. The first kappa shape index (κ1) is 9.59. The molecule has 0 aliphatic heterocycles. The van der Waals surface area contributed by atoms with Crippen LogP contribution in [-0.2, 0) is 4.79 Å². The molecule has 1 aromatic carbocycles. The van der Waals surface area contributed by atoms with Crippen molar-refractivity contribution in [2.45, 2.75) is 0 Å². The first-order valence-corrected chi connectivity index (χ1v) is 4.84. The summed E-state index contributed by atoms with van der Waals surface area (Å²) < 4.78 is 0. The van der Waals surface area contributed by atoms with Crippen molar-refractivity contribution in [2.24, 2.45) is 10.9 Å². The standard InChI is InChI=1S/C13H11NO/c15-13-9-5-4-6-11(13)10-14-12-7-2-1-3-8-12/h1-11H. The van der Waals surface area contributed by atoms with Gasteiger partial charge in [0.25, 0.3) is 0 Å². The predicted octanol–water partition coefficient (Wildman–Crippen LogP) is 2.70. The monoisotopic (exact) mass is 197 g/mol. The van der Waals surface area contributed by atoms with E-state index in [-0.39, 0.29) is 11.7 Å². The lowest BCUT2D eigenvalue weighted by atomic mass is 10.0. The topological polar surface area (TPSA) is 29.4 Å². The molecule has 0 heterocycles. The molecular formula is C13H11NO. The lowest BCUT2D eigenvalue weighted by Crippen LogP contribution is -2.12. The fraction of sp³-hybridized carbons (Fsp3) is 0.0769. The molecule has 74 valence electrons. The van der Waals surface area contributed by atoms with Crippen molar-refractivity contribution in [3.05, 3.63) is 54.6 Å². The van der Waals surface area contributed by atoms with Crippen LogP contribution in [0.4, 0.5) is 5.69 Å². The number of para-hydroxylation sites is 1. The Hall–Kier alpha value is -1.96. The number of allylic oxidation sites excluding steroid dienone is 4. The number of nitrogens with zero attached hydrogens (tertiary/aromatic N) is 1. The van der Waals surface area contributed by atoms with E-state index >= 15 is 0 Å². The van der Waals surface area contributed by atoms with E-state index in [2.05, 4.69) is 4.99 Å². The van der Waals surface area contributed by atoms with Crippen molar-refractivity contribution < 1.29 is 4.79 Å². The molecule has 0 amide bonds. The summed E-state index contributed by atoms with van der Waals surface area (Å²) in [7, 11) is 0. The first-order chi connectivity index (χ1) is 7.36. The van der Waals surface area contributed by atoms with Crippen molar-refractivity contribution in [1.82, 2.24) is 0 Å². The second kappa shape index (κ2) is 4.51. The first-order valence-electron chi connectivity index (χ1n) is 4.84. The lowest BCUT2D eigenvalue weighted by molar-refractivity contribution is -0.115. The number of ketones is 1. The SMILES string of the molecule is O=C1C=CC=CC1C=Nc1ccccc1. The molecule has 1 aromatic rings. The van der Waals surface area contributed by atoms with Gasteiger partial charge in [0.15, 0.2) is 5.78 Å². The zero-order valence-corrected chi connectivity index (χ0v) is 8.21. The van der Waals surface area contributed by atoms with Crippen LogP contribution < -0.4 is 0 Å². The quantitative estimate of drug-likeness (QED) is 0.670. The zero-order chi connectivity index (χ0) is 10.5. The molecule has 1 aliphatic rings. The Bertz CT molecular complexity index is 429. The summed E-state index contributed by atoms with van der Waals surface area (Å²) in [4.78, 5) is 15.6. The van der Waals surface area contributed by atoms with Crippen LogP contribution in [-0.4, -0.2) is 12.0 Å². The maximum Gasteiger partial charge on any atom is 0.167 e. The van der Waals surface area contributed by atoms with Crippen molar-refractivity contribution in [3.63, 3.8) is 0 Å². The van der Waals surface area contributed by atoms with E-state index in [1.54, 1.807) is 18.4 Å². The van der Waals surface area contributed by atoms with Gasteiger partial charge in [-0.1, -0.05) is 36.4 Å². The van der Waals surface area contributed by atoms with Gasteiger partial charge in [0.05, 0.1) is 11.6 Å². The molecule has 0 bridgehead atoms. The van der Waals surface area contributed by atoms with Gasteiger partial charge in [0.2, 0.25) is 0 Å². The van der Waals surface area contributed by atoms with Gasteiger partial charge >= 0.3 is 0 Å². The lowest BCUT2D eigenvalue weighted by Gasteiger charge is -2.04. The summed E-state index contributed by atoms with van der Waals surface area (Å²) in [5, 5.41) is 0. The molecule has 1 aliphatic carbocycles. The van der Waals surface area contributed by atoms with Gasteiger partial charge in [-0.15, -0.1) is 0 Å². The zero-order valence-electron chi connectivity index (χ0n) is 8.21. The number of benzene rings is 1. The highest BCUT2D eigenvalue weighted by molar-refractivity contribution is 6.04. The number of rotatable bonds is 2. The fourth-order valence-electron chi connectivity index (χ4n) is 1.34. The van der Waals surface area contributed by atoms with Crippen LogP contribution in [0.25, 0.3) is 0 Å². The molecule has 0 N–H and O–H groups in total. The maximum absolute atomic E-state index is 11.4. The number of hydrogen-bond acceptors (Lipinski definition) is 2. The van der Waals surface area contributed by atoms with E-state index in [0.717, 1.165) is 5.69 Å². The van der Waals surface area contributed by atoms with Crippen molar-refractivity contribution in [1.29, 1.82) is 0 Å². The van der Waals surface area contributed by atoms with Crippen molar-refractivity contribution in [3.8, 4) is 0 Å². The van der Waals surface area contributed by atoms with Gasteiger partial charge < -0.3 is 0 Å². The molecule has 0 saturated heterocycles. The average molecular weight is 197 g/mol. The molecule has 2 rings (SSSR count). The Labute approximate surface area is 88.7 Å². The van der Waals surface area contributed by atoms with E-state index in [4.69, 9.17) is 0 Å². The summed E-state index contributed by atoms with van der Waals surface area (Å²) in [6.45, 7) is 0. The Morgan fingerprint density at radius 2 is 1.93 bits per heavy atom. The second-order valence-corrected chi connectivity index (χ2v) is 3.29. The second-order valence-electron chi connectivity index (χ2n) is 3.29. The minimum Gasteiger partial charge on any atom is -0.294 e. The molecule has 0 saturated carbocycles. The highest BCUT2D eigenvalue weighted by Crippen LogP contribution is 2.11. The van der Waals surface area contributed by atoms with Crippen molar-refractivity contribution >= 4 is 17.7 Å². The minimum atomic E-state index is -0.213. The van der Waals surface area contributed by atoms with Crippen LogP contribution in [0.3, 0.4) is 0 Å². The maximum atomic E-state index is 11.4. The van der Waals surface area contributed by atoms with E-state index in [9.17, 15) is 4.79 Å². The van der Waals surface area contributed by atoms with Crippen LogP contribution in [0.2, 0.25) is 0 Å². The fourth-order valence-corrected chi connectivity index (χ4v) is 1.34. The summed E-state index contributed by atoms with van der Waals surface area (Å²) >= 11 is 0.